The van der Waals surface area contributed by atoms with Crippen molar-refractivity contribution in [2.75, 3.05) is 36.5 Å². The quantitative estimate of drug-likeness (QED) is 0.640. The van der Waals surface area contributed by atoms with Crippen molar-refractivity contribution in [3.05, 3.63) is 83.9 Å². The molecule has 0 amide bonds. The van der Waals surface area contributed by atoms with Gasteiger partial charge in [0.2, 0.25) is 0 Å². The number of hydrogen-bond donors (Lipinski definition) is 1. The van der Waals surface area contributed by atoms with Gasteiger partial charge in [0, 0.05) is 31.0 Å². The van der Waals surface area contributed by atoms with Crippen LogP contribution in [0.25, 0.3) is 0 Å². The van der Waals surface area contributed by atoms with Gasteiger partial charge in [-0.15, -0.1) is 0 Å². The Kier molecular flexibility index (Phi) is 5.78. The highest BCUT2D eigenvalue weighted by Gasteiger charge is 2.10. The van der Waals surface area contributed by atoms with Gasteiger partial charge in [0.25, 0.3) is 0 Å². The summed E-state index contributed by atoms with van der Waals surface area (Å²) in [5, 5.41) is 3.50. The average Bonchev–Trinajstić information content (AvgIpc) is 2.76. The zero-order valence-electron chi connectivity index (χ0n) is 16.2. The second-order valence-corrected chi connectivity index (χ2v) is 7.01. The lowest BCUT2D eigenvalue weighted by Gasteiger charge is -2.28. The van der Waals surface area contributed by atoms with Crippen molar-refractivity contribution >= 4 is 11.4 Å². The maximum absolute atomic E-state index is 5.96. The number of para-hydroxylation sites is 1. The maximum Gasteiger partial charge on any atom is 0.130 e. The number of nitrogens with zero attached hydrogens (tertiary/aromatic N) is 1. The molecule has 0 radical (unpaired) electrons. The van der Waals surface area contributed by atoms with Gasteiger partial charge in [0.1, 0.15) is 11.5 Å². The molecule has 1 N–H and O–H groups in total. The molecule has 1 aliphatic heterocycles. The van der Waals surface area contributed by atoms with Crippen molar-refractivity contribution in [1.29, 1.82) is 0 Å². The molecule has 0 aromatic heterocycles. The van der Waals surface area contributed by atoms with E-state index in [9.17, 15) is 0 Å². The van der Waals surface area contributed by atoms with Crippen LogP contribution < -0.4 is 15.0 Å². The Bertz CT molecular complexity index is 888. The number of ether oxygens (including phenoxy) is 2. The van der Waals surface area contributed by atoms with Gasteiger partial charge in [-0.05, 0) is 60.5 Å². The Balaban J connectivity index is 1.35. The third-order valence-corrected chi connectivity index (χ3v) is 4.96. The van der Waals surface area contributed by atoms with Gasteiger partial charge in [-0.25, -0.2) is 0 Å². The Morgan fingerprint density at radius 1 is 0.929 bits per heavy atom. The first-order chi connectivity index (χ1) is 13.8. The van der Waals surface area contributed by atoms with E-state index in [1.807, 2.05) is 36.4 Å². The highest BCUT2D eigenvalue weighted by Crippen LogP contribution is 2.27. The lowest BCUT2D eigenvalue weighted by Crippen LogP contribution is -2.36. The van der Waals surface area contributed by atoms with E-state index in [4.69, 9.17) is 9.47 Å². The largest absolute Gasteiger partial charge is 0.457 e. The molecule has 144 valence electrons. The van der Waals surface area contributed by atoms with E-state index < -0.39 is 0 Å². The molecule has 3 aromatic carbocycles. The van der Waals surface area contributed by atoms with E-state index in [0.29, 0.717) is 0 Å². The Hall–Kier alpha value is -2.98. The van der Waals surface area contributed by atoms with Crippen molar-refractivity contribution in [3.63, 3.8) is 0 Å². The lowest BCUT2D eigenvalue weighted by atomic mass is 10.1. The number of nitrogens with one attached hydrogen (secondary N) is 1. The predicted octanol–water partition coefficient (Wildman–Crippen LogP) is 5.24. The van der Waals surface area contributed by atoms with Crippen molar-refractivity contribution in [2.45, 2.75) is 13.5 Å². The van der Waals surface area contributed by atoms with Crippen LogP contribution in [0.3, 0.4) is 0 Å². The molecule has 1 heterocycles. The van der Waals surface area contributed by atoms with Gasteiger partial charge in [0.15, 0.2) is 0 Å². The van der Waals surface area contributed by atoms with E-state index >= 15 is 0 Å². The molecule has 1 aliphatic rings. The summed E-state index contributed by atoms with van der Waals surface area (Å²) in [4.78, 5) is 2.37. The summed E-state index contributed by atoms with van der Waals surface area (Å²) >= 11 is 0. The monoisotopic (exact) mass is 374 g/mol. The molecule has 1 saturated heterocycles. The zero-order chi connectivity index (χ0) is 19.2. The molecular formula is C24H26N2O2. The van der Waals surface area contributed by atoms with E-state index in [2.05, 4.69) is 53.5 Å². The summed E-state index contributed by atoms with van der Waals surface area (Å²) in [5.74, 6) is 1.73. The van der Waals surface area contributed by atoms with Crippen molar-refractivity contribution in [1.82, 2.24) is 0 Å². The molecule has 28 heavy (non-hydrogen) atoms. The fraction of sp³-hybridized carbons (Fsp3) is 0.250. The minimum absolute atomic E-state index is 0.793. The van der Waals surface area contributed by atoms with E-state index in [1.165, 1.54) is 11.3 Å². The fourth-order valence-electron chi connectivity index (χ4n) is 3.34. The van der Waals surface area contributed by atoms with Crippen molar-refractivity contribution in [2.24, 2.45) is 0 Å². The van der Waals surface area contributed by atoms with Crippen LogP contribution in [-0.4, -0.2) is 26.3 Å². The van der Waals surface area contributed by atoms with Gasteiger partial charge in [0.05, 0.1) is 13.2 Å². The van der Waals surface area contributed by atoms with Gasteiger partial charge in [-0.3, -0.25) is 0 Å². The molecule has 0 unspecified atom stereocenters. The summed E-state index contributed by atoms with van der Waals surface area (Å²) in [7, 11) is 0. The van der Waals surface area contributed by atoms with Crippen LogP contribution in [-0.2, 0) is 11.3 Å². The average molecular weight is 374 g/mol. The molecule has 4 heteroatoms. The van der Waals surface area contributed by atoms with E-state index in [0.717, 1.165) is 55.6 Å². The zero-order valence-corrected chi connectivity index (χ0v) is 16.2. The normalized spacial score (nSPS) is 14.0. The van der Waals surface area contributed by atoms with Crippen molar-refractivity contribution in [3.8, 4) is 11.5 Å². The first kappa shape index (κ1) is 18.4. The third-order valence-electron chi connectivity index (χ3n) is 4.96. The van der Waals surface area contributed by atoms with Crippen LogP contribution in [0.5, 0.6) is 11.5 Å². The molecule has 0 saturated carbocycles. The molecule has 0 aliphatic carbocycles. The van der Waals surface area contributed by atoms with Crippen LogP contribution in [0, 0.1) is 6.92 Å². The van der Waals surface area contributed by atoms with Crippen LogP contribution in [0.2, 0.25) is 0 Å². The maximum atomic E-state index is 5.96. The lowest BCUT2D eigenvalue weighted by molar-refractivity contribution is 0.122. The summed E-state index contributed by atoms with van der Waals surface area (Å²) in [5.41, 5.74) is 4.73. The SMILES string of the molecule is Cc1cc(NCc2ccc(N3CCOCC3)cc2)ccc1Oc1ccccc1. The predicted molar refractivity (Wildman–Crippen MR) is 114 cm³/mol. The number of benzene rings is 3. The van der Waals surface area contributed by atoms with E-state index in [1.54, 1.807) is 0 Å². The summed E-state index contributed by atoms with van der Waals surface area (Å²) in [6.07, 6.45) is 0. The molecule has 0 bridgehead atoms. The first-order valence-corrected chi connectivity index (χ1v) is 9.77. The number of anilines is 2. The molecule has 0 spiro atoms. The Morgan fingerprint density at radius 2 is 1.68 bits per heavy atom. The fourth-order valence-corrected chi connectivity index (χ4v) is 3.34. The summed E-state index contributed by atoms with van der Waals surface area (Å²) in [6, 6.07) is 24.9. The topological polar surface area (TPSA) is 33.7 Å². The van der Waals surface area contributed by atoms with Gasteiger partial charge in [-0.2, -0.15) is 0 Å². The second-order valence-electron chi connectivity index (χ2n) is 7.01. The summed E-state index contributed by atoms with van der Waals surface area (Å²) < 4.78 is 11.4. The van der Waals surface area contributed by atoms with Gasteiger partial charge < -0.3 is 19.7 Å². The molecule has 0 atom stereocenters. The molecule has 4 rings (SSSR count). The Morgan fingerprint density at radius 3 is 2.39 bits per heavy atom. The highest BCUT2D eigenvalue weighted by molar-refractivity contribution is 5.53. The van der Waals surface area contributed by atoms with Crippen molar-refractivity contribution < 1.29 is 9.47 Å². The van der Waals surface area contributed by atoms with Gasteiger partial charge >= 0.3 is 0 Å². The van der Waals surface area contributed by atoms with Crippen LogP contribution in [0.4, 0.5) is 11.4 Å². The minimum atomic E-state index is 0.793. The number of hydrogen-bond acceptors (Lipinski definition) is 4. The standard InChI is InChI=1S/C24H26N2O2/c1-19-17-21(9-12-24(19)28-23-5-3-2-4-6-23)25-18-20-7-10-22(11-8-20)26-13-15-27-16-14-26/h2-12,17,25H,13-16,18H2,1H3. The summed E-state index contributed by atoms with van der Waals surface area (Å²) in [6.45, 7) is 6.42. The molecule has 3 aromatic rings. The van der Waals surface area contributed by atoms with E-state index in [-0.39, 0.29) is 0 Å². The smallest absolute Gasteiger partial charge is 0.130 e. The highest BCUT2D eigenvalue weighted by atomic mass is 16.5. The number of morpholine rings is 1. The van der Waals surface area contributed by atoms with Crippen LogP contribution in [0.1, 0.15) is 11.1 Å². The van der Waals surface area contributed by atoms with Crippen LogP contribution >= 0.6 is 0 Å². The number of rotatable bonds is 6. The van der Waals surface area contributed by atoms with Gasteiger partial charge in [-0.1, -0.05) is 30.3 Å². The minimum Gasteiger partial charge on any atom is -0.457 e. The third kappa shape index (κ3) is 4.65. The number of aryl methyl sites for hydroxylation is 1. The second kappa shape index (κ2) is 8.81. The Labute approximate surface area is 166 Å². The molecule has 1 fully saturated rings. The van der Waals surface area contributed by atoms with Crippen LogP contribution in [0.15, 0.2) is 72.8 Å². The molecule has 4 nitrogen and oxygen atoms in total. The molecular weight excluding hydrogens is 348 g/mol. The first-order valence-electron chi connectivity index (χ1n) is 9.77.